The van der Waals surface area contributed by atoms with Gasteiger partial charge in [0.15, 0.2) is 0 Å². The Kier molecular flexibility index (Phi) is 3.05. The average molecular weight is 310 g/mol. The lowest BCUT2D eigenvalue weighted by Gasteiger charge is -2.26. The van der Waals surface area contributed by atoms with E-state index in [-0.39, 0.29) is 5.91 Å². The van der Waals surface area contributed by atoms with Crippen molar-refractivity contribution in [2.45, 2.75) is 0 Å². The van der Waals surface area contributed by atoms with Crippen LogP contribution >= 0.6 is 15.9 Å². The lowest BCUT2D eigenvalue weighted by atomic mass is 10.2. The number of ether oxygens (including phenoxy) is 1. The third kappa shape index (κ3) is 2.02. The quantitative estimate of drug-likeness (QED) is 0.803. The van der Waals surface area contributed by atoms with Crippen molar-refractivity contribution in [1.29, 1.82) is 0 Å². The standard InChI is InChI=1S/C12H12BrN3O2/c13-9-1-2-16-11(7-9)10(8-14-16)12(17)15-3-5-18-6-4-15/h1-2,7-8H,3-6H2. The minimum absolute atomic E-state index is 0.0198. The molecule has 1 aliphatic rings. The van der Waals surface area contributed by atoms with E-state index >= 15 is 0 Å². The summed E-state index contributed by atoms with van der Waals surface area (Å²) in [6.07, 6.45) is 3.45. The van der Waals surface area contributed by atoms with Crippen LogP contribution in [0.4, 0.5) is 0 Å². The molecule has 3 rings (SSSR count). The van der Waals surface area contributed by atoms with Crippen LogP contribution in [0, 0.1) is 0 Å². The Morgan fingerprint density at radius 3 is 2.94 bits per heavy atom. The zero-order valence-corrected chi connectivity index (χ0v) is 11.3. The first-order valence-electron chi connectivity index (χ1n) is 5.75. The number of aromatic nitrogens is 2. The van der Waals surface area contributed by atoms with Crippen LogP contribution in [-0.2, 0) is 4.74 Å². The second-order valence-electron chi connectivity index (χ2n) is 4.14. The summed E-state index contributed by atoms with van der Waals surface area (Å²) in [5.74, 6) is 0.0198. The Hall–Kier alpha value is -1.40. The molecule has 6 heteroatoms. The zero-order chi connectivity index (χ0) is 12.5. The molecule has 1 fully saturated rings. The number of morpholine rings is 1. The number of amides is 1. The van der Waals surface area contributed by atoms with E-state index in [1.54, 1.807) is 15.6 Å². The van der Waals surface area contributed by atoms with Crippen LogP contribution < -0.4 is 0 Å². The van der Waals surface area contributed by atoms with Gasteiger partial charge in [0.1, 0.15) is 0 Å². The van der Waals surface area contributed by atoms with E-state index in [4.69, 9.17) is 4.74 Å². The van der Waals surface area contributed by atoms with Crippen molar-refractivity contribution in [1.82, 2.24) is 14.5 Å². The third-order valence-corrected chi connectivity index (χ3v) is 3.51. The average Bonchev–Trinajstić information content (AvgIpc) is 2.82. The van der Waals surface area contributed by atoms with Crippen molar-refractivity contribution in [3.05, 3.63) is 34.6 Å². The Balaban J connectivity index is 1.98. The molecule has 3 heterocycles. The molecule has 2 aromatic rings. The minimum atomic E-state index is 0.0198. The number of fused-ring (bicyclic) bond motifs is 1. The summed E-state index contributed by atoms with van der Waals surface area (Å²) in [5.41, 5.74) is 1.46. The van der Waals surface area contributed by atoms with E-state index in [1.807, 2.05) is 18.3 Å². The molecule has 5 nitrogen and oxygen atoms in total. The number of pyridine rings is 1. The molecule has 0 bridgehead atoms. The van der Waals surface area contributed by atoms with Crippen LogP contribution in [0.5, 0.6) is 0 Å². The Morgan fingerprint density at radius 2 is 2.17 bits per heavy atom. The molecule has 0 unspecified atom stereocenters. The van der Waals surface area contributed by atoms with E-state index < -0.39 is 0 Å². The highest BCUT2D eigenvalue weighted by Gasteiger charge is 2.21. The van der Waals surface area contributed by atoms with Gasteiger partial charge in [-0.05, 0) is 12.1 Å². The van der Waals surface area contributed by atoms with Gasteiger partial charge in [-0.3, -0.25) is 4.79 Å². The number of carbonyl (C=O) groups is 1. The molecule has 1 amide bonds. The fourth-order valence-electron chi connectivity index (χ4n) is 2.06. The zero-order valence-electron chi connectivity index (χ0n) is 9.67. The van der Waals surface area contributed by atoms with Gasteiger partial charge < -0.3 is 9.64 Å². The highest BCUT2D eigenvalue weighted by molar-refractivity contribution is 9.10. The van der Waals surface area contributed by atoms with Crippen LogP contribution in [0.1, 0.15) is 10.4 Å². The normalized spacial score (nSPS) is 16.2. The van der Waals surface area contributed by atoms with Gasteiger partial charge in [-0.2, -0.15) is 5.10 Å². The van der Waals surface area contributed by atoms with Crippen LogP contribution in [0.15, 0.2) is 29.0 Å². The summed E-state index contributed by atoms with van der Waals surface area (Å²) < 4.78 is 7.89. The van der Waals surface area contributed by atoms with Crippen molar-refractivity contribution in [3.63, 3.8) is 0 Å². The Morgan fingerprint density at radius 1 is 1.39 bits per heavy atom. The number of nitrogens with zero attached hydrogens (tertiary/aromatic N) is 3. The van der Waals surface area contributed by atoms with Crippen LogP contribution in [0.25, 0.3) is 5.52 Å². The monoisotopic (exact) mass is 309 g/mol. The maximum atomic E-state index is 12.4. The summed E-state index contributed by atoms with van der Waals surface area (Å²) in [5, 5.41) is 4.19. The van der Waals surface area contributed by atoms with Crippen molar-refractivity contribution >= 4 is 27.4 Å². The molecule has 1 saturated heterocycles. The molecule has 0 aromatic carbocycles. The predicted octanol–water partition coefficient (Wildman–Crippen LogP) is 1.57. The smallest absolute Gasteiger partial charge is 0.257 e. The van der Waals surface area contributed by atoms with Crippen LogP contribution in [-0.4, -0.2) is 46.7 Å². The van der Waals surface area contributed by atoms with E-state index in [1.165, 1.54) is 0 Å². The third-order valence-electron chi connectivity index (χ3n) is 3.01. The number of hydrogen-bond donors (Lipinski definition) is 0. The predicted molar refractivity (Wildman–Crippen MR) is 69.6 cm³/mol. The number of halogens is 1. The molecule has 94 valence electrons. The molecule has 0 atom stereocenters. The van der Waals surface area contributed by atoms with Gasteiger partial charge >= 0.3 is 0 Å². The van der Waals surface area contributed by atoms with Crippen LogP contribution in [0.2, 0.25) is 0 Å². The molecular formula is C12H12BrN3O2. The van der Waals surface area contributed by atoms with E-state index in [9.17, 15) is 4.79 Å². The summed E-state index contributed by atoms with van der Waals surface area (Å²) in [6, 6.07) is 3.80. The van der Waals surface area contributed by atoms with Crippen molar-refractivity contribution < 1.29 is 9.53 Å². The maximum absolute atomic E-state index is 12.4. The van der Waals surface area contributed by atoms with Crippen molar-refractivity contribution in [2.75, 3.05) is 26.3 Å². The van der Waals surface area contributed by atoms with Gasteiger partial charge in [-0.25, -0.2) is 4.52 Å². The number of rotatable bonds is 1. The van der Waals surface area contributed by atoms with E-state index in [0.29, 0.717) is 31.9 Å². The second kappa shape index (κ2) is 4.70. The van der Waals surface area contributed by atoms with Gasteiger partial charge in [0.05, 0.1) is 30.5 Å². The summed E-state index contributed by atoms with van der Waals surface area (Å²) in [7, 11) is 0. The summed E-state index contributed by atoms with van der Waals surface area (Å²) in [6.45, 7) is 2.50. The van der Waals surface area contributed by atoms with E-state index in [2.05, 4.69) is 21.0 Å². The van der Waals surface area contributed by atoms with Gasteiger partial charge in [0.2, 0.25) is 0 Å². The molecular weight excluding hydrogens is 298 g/mol. The lowest BCUT2D eigenvalue weighted by Crippen LogP contribution is -2.40. The molecule has 1 aliphatic heterocycles. The van der Waals surface area contributed by atoms with Gasteiger partial charge in [-0.15, -0.1) is 0 Å². The van der Waals surface area contributed by atoms with Crippen molar-refractivity contribution in [3.8, 4) is 0 Å². The van der Waals surface area contributed by atoms with Gasteiger partial charge in [0, 0.05) is 23.8 Å². The molecule has 2 aromatic heterocycles. The first-order chi connectivity index (χ1) is 8.75. The second-order valence-corrected chi connectivity index (χ2v) is 5.05. The van der Waals surface area contributed by atoms with Crippen molar-refractivity contribution in [2.24, 2.45) is 0 Å². The fourth-order valence-corrected chi connectivity index (χ4v) is 2.39. The highest BCUT2D eigenvalue weighted by atomic mass is 79.9. The van der Waals surface area contributed by atoms with Crippen LogP contribution in [0.3, 0.4) is 0 Å². The molecule has 18 heavy (non-hydrogen) atoms. The maximum Gasteiger partial charge on any atom is 0.257 e. The molecule has 0 spiro atoms. The lowest BCUT2D eigenvalue weighted by molar-refractivity contribution is 0.0304. The first-order valence-corrected chi connectivity index (χ1v) is 6.55. The Bertz CT molecular complexity index is 590. The Labute approximate surface area is 112 Å². The highest BCUT2D eigenvalue weighted by Crippen LogP contribution is 2.18. The number of hydrogen-bond acceptors (Lipinski definition) is 3. The summed E-state index contributed by atoms with van der Waals surface area (Å²) in [4.78, 5) is 14.2. The SMILES string of the molecule is O=C(c1cnn2ccc(Br)cc12)N1CCOCC1. The molecule has 0 saturated carbocycles. The molecule has 0 N–H and O–H groups in total. The summed E-state index contributed by atoms with van der Waals surface area (Å²) >= 11 is 3.41. The van der Waals surface area contributed by atoms with Gasteiger partial charge in [-0.1, -0.05) is 15.9 Å². The fraction of sp³-hybridized carbons (Fsp3) is 0.333. The minimum Gasteiger partial charge on any atom is -0.378 e. The largest absolute Gasteiger partial charge is 0.378 e. The molecule has 0 aliphatic carbocycles. The number of carbonyl (C=O) groups excluding carboxylic acids is 1. The molecule has 0 radical (unpaired) electrons. The topological polar surface area (TPSA) is 46.8 Å². The first kappa shape index (κ1) is 11.7. The van der Waals surface area contributed by atoms with E-state index in [0.717, 1.165) is 9.99 Å². The van der Waals surface area contributed by atoms with Gasteiger partial charge in [0.25, 0.3) is 5.91 Å².